The van der Waals surface area contributed by atoms with Crippen molar-refractivity contribution in [1.29, 1.82) is 0 Å². The standard InChI is InChI=1S/C15H26N2O3/c1-10(2)12-13(18)17(8-5-9-20-4)15(3,11-6-7-11)14(19)16-12/h10-12H,5-9H2,1-4H3,(H,16,19). The minimum absolute atomic E-state index is 0.00992. The van der Waals surface area contributed by atoms with Gasteiger partial charge in [-0.25, -0.2) is 0 Å². The molecule has 2 atom stereocenters. The molecule has 2 fully saturated rings. The third-order valence-electron chi connectivity index (χ3n) is 4.61. The highest BCUT2D eigenvalue weighted by atomic mass is 16.5. The molecule has 1 saturated carbocycles. The first-order chi connectivity index (χ1) is 9.42. The zero-order valence-electron chi connectivity index (χ0n) is 12.9. The van der Waals surface area contributed by atoms with Crippen molar-refractivity contribution in [1.82, 2.24) is 10.2 Å². The lowest BCUT2D eigenvalue weighted by atomic mass is 9.85. The lowest BCUT2D eigenvalue weighted by Gasteiger charge is -2.47. The van der Waals surface area contributed by atoms with Gasteiger partial charge in [0.1, 0.15) is 11.6 Å². The fourth-order valence-electron chi connectivity index (χ4n) is 3.08. The van der Waals surface area contributed by atoms with Gasteiger partial charge in [0.2, 0.25) is 11.8 Å². The van der Waals surface area contributed by atoms with E-state index in [2.05, 4.69) is 5.32 Å². The molecule has 2 aliphatic rings. The maximum absolute atomic E-state index is 12.7. The van der Waals surface area contributed by atoms with Crippen molar-refractivity contribution in [2.75, 3.05) is 20.3 Å². The molecule has 0 radical (unpaired) electrons. The van der Waals surface area contributed by atoms with Crippen molar-refractivity contribution in [2.24, 2.45) is 11.8 Å². The number of hydrogen-bond acceptors (Lipinski definition) is 3. The van der Waals surface area contributed by atoms with Gasteiger partial charge in [-0.2, -0.15) is 0 Å². The largest absolute Gasteiger partial charge is 0.385 e. The molecule has 0 aromatic heterocycles. The molecule has 2 amide bonds. The van der Waals surface area contributed by atoms with Crippen LogP contribution in [0.1, 0.15) is 40.0 Å². The molecule has 2 unspecified atom stereocenters. The van der Waals surface area contributed by atoms with Gasteiger partial charge >= 0.3 is 0 Å². The monoisotopic (exact) mass is 282 g/mol. The van der Waals surface area contributed by atoms with Crippen LogP contribution in [0.25, 0.3) is 0 Å². The second kappa shape index (κ2) is 5.72. The maximum atomic E-state index is 12.7. The molecular weight excluding hydrogens is 256 g/mol. The molecule has 5 heteroatoms. The van der Waals surface area contributed by atoms with Crippen molar-refractivity contribution in [3.05, 3.63) is 0 Å². The number of methoxy groups -OCH3 is 1. The number of nitrogens with zero attached hydrogens (tertiary/aromatic N) is 1. The third-order valence-corrected chi connectivity index (χ3v) is 4.61. The van der Waals surface area contributed by atoms with Gasteiger partial charge < -0.3 is 15.0 Å². The van der Waals surface area contributed by atoms with Crippen LogP contribution in [-0.2, 0) is 14.3 Å². The lowest BCUT2D eigenvalue weighted by molar-refractivity contribution is -0.159. The Morgan fingerprint density at radius 3 is 2.55 bits per heavy atom. The summed E-state index contributed by atoms with van der Waals surface area (Å²) < 4.78 is 5.08. The SMILES string of the molecule is COCCCN1C(=O)C(C(C)C)NC(=O)C1(C)C1CC1. The number of rotatable bonds is 6. The van der Waals surface area contributed by atoms with Crippen LogP contribution in [0, 0.1) is 11.8 Å². The topological polar surface area (TPSA) is 58.6 Å². The average Bonchev–Trinajstić information content (AvgIpc) is 3.22. The molecule has 1 saturated heterocycles. The average molecular weight is 282 g/mol. The number of nitrogens with one attached hydrogen (secondary N) is 1. The molecule has 2 rings (SSSR count). The Labute approximate surface area is 121 Å². The van der Waals surface area contributed by atoms with E-state index in [0.717, 1.165) is 19.3 Å². The van der Waals surface area contributed by atoms with Gasteiger partial charge in [-0.15, -0.1) is 0 Å². The predicted octanol–water partition coefficient (Wildman–Crippen LogP) is 1.17. The molecule has 5 nitrogen and oxygen atoms in total. The molecule has 1 aliphatic heterocycles. The van der Waals surface area contributed by atoms with E-state index in [-0.39, 0.29) is 17.7 Å². The highest BCUT2D eigenvalue weighted by Gasteiger charge is 2.57. The second-order valence-corrected chi connectivity index (χ2v) is 6.45. The minimum atomic E-state index is -0.670. The van der Waals surface area contributed by atoms with E-state index in [4.69, 9.17) is 4.74 Å². The second-order valence-electron chi connectivity index (χ2n) is 6.45. The van der Waals surface area contributed by atoms with E-state index in [1.165, 1.54) is 0 Å². The number of carbonyl (C=O) groups excluding carboxylic acids is 2. The Kier molecular flexibility index (Phi) is 4.37. The minimum Gasteiger partial charge on any atom is -0.385 e. The normalized spacial score (nSPS) is 30.9. The molecule has 1 aliphatic carbocycles. The van der Waals surface area contributed by atoms with Crippen molar-refractivity contribution < 1.29 is 14.3 Å². The van der Waals surface area contributed by atoms with Crippen LogP contribution < -0.4 is 5.32 Å². The van der Waals surface area contributed by atoms with Crippen LogP contribution >= 0.6 is 0 Å². The van der Waals surface area contributed by atoms with Gasteiger partial charge in [-0.1, -0.05) is 13.8 Å². The zero-order chi connectivity index (χ0) is 14.9. The van der Waals surface area contributed by atoms with Crippen LogP contribution in [0.4, 0.5) is 0 Å². The quantitative estimate of drug-likeness (QED) is 0.744. The van der Waals surface area contributed by atoms with Crippen LogP contribution in [0.3, 0.4) is 0 Å². The van der Waals surface area contributed by atoms with Gasteiger partial charge in [0, 0.05) is 20.3 Å². The summed E-state index contributed by atoms with van der Waals surface area (Å²) in [6.07, 6.45) is 2.83. The first kappa shape index (κ1) is 15.3. The summed E-state index contributed by atoms with van der Waals surface area (Å²) in [5.41, 5.74) is -0.670. The molecule has 0 aromatic carbocycles. The number of carbonyl (C=O) groups is 2. The highest BCUT2D eigenvalue weighted by molar-refractivity contribution is 6.00. The summed E-state index contributed by atoms with van der Waals surface area (Å²) in [6.45, 7) is 7.06. The van der Waals surface area contributed by atoms with Crippen LogP contribution in [0.15, 0.2) is 0 Å². The summed E-state index contributed by atoms with van der Waals surface area (Å²) in [7, 11) is 1.65. The van der Waals surface area contributed by atoms with Crippen LogP contribution in [0.2, 0.25) is 0 Å². The van der Waals surface area contributed by atoms with Gasteiger partial charge in [-0.3, -0.25) is 9.59 Å². The van der Waals surface area contributed by atoms with Gasteiger partial charge in [0.15, 0.2) is 0 Å². The first-order valence-electron chi connectivity index (χ1n) is 7.54. The van der Waals surface area contributed by atoms with Crippen molar-refractivity contribution in [2.45, 2.75) is 51.6 Å². The zero-order valence-corrected chi connectivity index (χ0v) is 12.9. The van der Waals surface area contributed by atoms with E-state index < -0.39 is 11.6 Å². The third kappa shape index (κ3) is 2.55. The Balaban J connectivity index is 2.21. The predicted molar refractivity (Wildman–Crippen MR) is 76.1 cm³/mol. The van der Waals surface area contributed by atoms with Crippen molar-refractivity contribution in [3.8, 4) is 0 Å². The van der Waals surface area contributed by atoms with E-state index >= 15 is 0 Å². The maximum Gasteiger partial charge on any atom is 0.246 e. The van der Waals surface area contributed by atoms with Gasteiger partial charge in [0.25, 0.3) is 0 Å². The summed E-state index contributed by atoms with van der Waals surface area (Å²) in [5, 5.41) is 2.94. The van der Waals surface area contributed by atoms with Crippen LogP contribution in [-0.4, -0.2) is 48.6 Å². The molecule has 0 bridgehead atoms. The molecule has 1 N–H and O–H groups in total. The number of ether oxygens (including phenoxy) is 1. The highest BCUT2D eigenvalue weighted by Crippen LogP contribution is 2.45. The number of amides is 2. The van der Waals surface area contributed by atoms with E-state index in [1.807, 2.05) is 25.7 Å². The summed E-state index contributed by atoms with van der Waals surface area (Å²) in [4.78, 5) is 27.1. The molecule has 114 valence electrons. The van der Waals surface area contributed by atoms with Crippen molar-refractivity contribution in [3.63, 3.8) is 0 Å². The van der Waals surface area contributed by atoms with E-state index in [0.29, 0.717) is 19.1 Å². The number of hydrogen-bond donors (Lipinski definition) is 1. The molecule has 20 heavy (non-hydrogen) atoms. The Bertz CT molecular complexity index is 393. The molecule has 1 heterocycles. The fraction of sp³-hybridized carbons (Fsp3) is 0.867. The smallest absolute Gasteiger partial charge is 0.246 e. The summed E-state index contributed by atoms with van der Waals surface area (Å²) in [6, 6.07) is -0.392. The number of piperazine rings is 1. The summed E-state index contributed by atoms with van der Waals surface area (Å²) in [5.74, 6) is 0.489. The molecule has 0 aromatic rings. The molecule has 0 spiro atoms. The Morgan fingerprint density at radius 2 is 2.05 bits per heavy atom. The molecular formula is C15H26N2O3. The van der Waals surface area contributed by atoms with Gasteiger partial charge in [-0.05, 0) is 38.0 Å². The van der Waals surface area contributed by atoms with Crippen molar-refractivity contribution >= 4 is 11.8 Å². The Hall–Kier alpha value is -1.10. The fourth-order valence-corrected chi connectivity index (χ4v) is 3.08. The van der Waals surface area contributed by atoms with E-state index in [9.17, 15) is 9.59 Å². The van der Waals surface area contributed by atoms with Gasteiger partial charge in [0.05, 0.1) is 0 Å². The lowest BCUT2D eigenvalue weighted by Crippen LogP contribution is -2.71. The Morgan fingerprint density at radius 1 is 1.40 bits per heavy atom. The van der Waals surface area contributed by atoms with Crippen LogP contribution in [0.5, 0.6) is 0 Å². The summed E-state index contributed by atoms with van der Waals surface area (Å²) >= 11 is 0. The first-order valence-corrected chi connectivity index (χ1v) is 7.54. The van der Waals surface area contributed by atoms with E-state index in [1.54, 1.807) is 7.11 Å².